The number of nitrogens with zero attached hydrogens (tertiary/aromatic N) is 2. The Balaban J connectivity index is 1.37. The summed E-state index contributed by atoms with van der Waals surface area (Å²) in [6, 6.07) is 41.3. The van der Waals surface area contributed by atoms with Gasteiger partial charge < -0.3 is 9.80 Å². The maximum absolute atomic E-state index is 9.19. The van der Waals surface area contributed by atoms with Crippen LogP contribution in [-0.4, -0.2) is 6.71 Å². The van der Waals surface area contributed by atoms with Crippen molar-refractivity contribution in [1.82, 2.24) is 0 Å². The standard InChI is InChI=1S/C61H71BN2/c1-38-31-53-55-54(32-38)64(50-26-22-40(56(2,3)4)33-43(50)39-19-17-16-18-20-39)52-37-47-46(60(12,13)29-30-61(47,14)15)36-49(52)62(55)48-25-21-41(57(5,6)7)34-51(48)63(53)42-23-24-44-45(35-42)59(10,11)28-27-58(44,8)9/h16-26,31-37H,27-30H2,1-15H3/i1D3. The Hall–Kier alpha value is -5.02. The summed E-state index contributed by atoms with van der Waals surface area (Å²) >= 11 is 0. The quantitative estimate of drug-likeness (QED) is 0.164. The topological polar surface area (TPSA) is 6.48 Å². The van der Waals surface area contributed by atoms with Gasteiger partial charge in [0, 0.05) is 38.1 Å². The Bertz CT molecular complexity index is 2990. The van der Waals surface area contributed by atoms with Gasteiger partial charge in [-0.25, -0.2) is 0 Å². The van der Waals surface area contributed by atoms with Crippen LogP contribution in [0.15, 0.2) is 109 Å². The average Bonchev–Trinajstić information content (AvgIpc) is 3.25. The summed E-state index contributed by atoms with van der Waals surface area (Å²) in [5.74, 6) is 0. The minimum absolute atomic E-state index is 0.0162. The molecule has 0 radical (unpaired) electrons. The van der Waals surface area contributed by atoms with E-state index < -0.39 is 6.85 Å². The van der Waals surface area contributed by atoms with Crippen molar-refractivity contribution in [3.8, 4) is 11.1 Å². The number of rotatable bonds is 3. The molecule has 2 nitrogen and oxygen atoms in total. The third-order valence-electron chi connectivity index (χ3n) is 16.2. The van der Waals surface area contributed by atoms with Crippen LogP contribution in [0.25, 0.3) is 11.1 Å². The zero-order valence-electron chi connectivity index (χ0n) is 44.2. The first-order valence-corrected chi connectivity index (χ1v) is 24.1. The fraction of sp³-hybridized carbons (Fsp3) is 0.410. The molecule has 64 heavy (non-hydrogen) atoms. The number of fused-ring (bicyclic) bond motifs is 6. The van der Waals surface area contributed by atoms with Crippen LogP contribution in [0.1, 0.15) is 166 Å². The third-order valence-corrected chi connectivity index (χ3v) is 16.2. The second kappa shape index (κ2) is 14.0. The molecule has 0 unspecified atom stereocenters. The molecule has 0 fully saturated rings. The Morgan fingerprint density at radius 1 is 0.469 bits per heavy atom. The van der Waals surface area contributed by atoms with Crippen molar-refractivity contribution in [3.63, 3.8) is 0 Å². The van der Waals surface area contributed by atoms with Crippen molar-refractivity contribution in [2.24, 2.45) is 0 Å². The van der Waals surface area contributed by atoms with Gasteiger partial charge in [0.1, 0.15) is 0 Å². The summed E-state index contributed by atoms with van der Waals surface area (Å²) in [5, 5.41) is 0. The molecule has 0 bridgehead atoms. The van der Waals surface area contributed by atoms with E-state index in [0.717, 1.165) is 76.4 Å². The van der Waals surface area contributed by atoms with Crippen LogP contribution in [-0.2, 0) is 32.5 Å². The van der Waals surface area contributed by atoms with Gasteiger partial charge >= 0.3 is 0 Å². The molecule has 10 rings (SSSR count). The molecular weight excluding hydrogens is 771 g/mol. The minimum atomic E-state index is -2.37. The first-order chi connectivity index (χ1) is 31.1. The SMILES string of the molecule is [2H]C([2H])([2H])c1cc2c3c(c1)N(c1ccc(C(C)(C)C)cc1-c1ccccc1)c1cc4c(cc1B3c1ccc(C(C)(C)C)cc1N2c1ccc2c(c1)C(C)(C)CCC2(C)C)C(C)(C)CCC4(C)C. The molecule has 3 heteroatoms. The van der Waals surface area contributed by atoms with Gasteiger partial charge in [-0.3, -0.25) is 0 Å². The molecule has 0 N–H and O–H groups in total. The lowest BCUT2D eigenvalue weighted by molar-refractivity contribution is 0.332. The molecule has 2 heterocycles. The minimum Gasteiger partial charge on any atom is -0.311 e. The Labute approximate surface area is 390 Å². The zero-order valence-corrected chi connectivity index (χ0v) is 41.2. The first kappa shape index (κ1) is 39.4. The largest absolute Gasteiger partial charge is 0.311 e. The van der Waals surface area contributed by atoms with Gasteiger partial charge in [-0.15, -0.1) is 0 Å². The van der Waals surface area contributed by atoms with Gasteiger partial charge in [0.2, 0.25) is 0 Å². The molecule has 2 aliphatic heterocycles. The van der Waals surface area contributed by atoms with Gasteiger partial charge in [0.15, 0.2) is 0 Å². The van der Waals surface area contributed by atoms with Crippen LogP contribution >= 0.6 is 0 Å². The van der Waals surface area contributed by atoms with E-state index in [0.29, 0.717) is 5.56 Å². The predicted octanol–water partition coefficient (Wildman–Crippen LogP) is 15.0. The van der Waals surface area contributed by atoms with Crippen molar-refractivity contribution in [2.45, 2.75) is 162 Å². The van der Waals surface area contributed by atoms with Gasteiger partial charge in [0.25, 0.3) is 6.71 Å². The van der Waals surface area contributed by atoms with E-state index in [1.807, 2.05) is 12.1 Å². The lowest BCUT2D eigenvalue weighted by Crippen LogP contribution is -2.62. The third kappa shape index (κ3) is 6.64. The lowest BCUT2D eigenvalue weighted by atomic mass is 9.33. The average molecular weight is 846 g/mol. The van der Waals surface area contributed by atoms with E-state index in [1.54, 1.807) is 0 Å². The maximum atomic E-state index is 9.19. The number of benzene rings is 6. The van der Waals surface area contributed by atoms with E-state index >= 15 is 0 Å². The summed E-state index contributed by atoms with van der Waals surface area (Å²) in [6.07, 6.45) is 4.45. The normalized spacial score (nSPS) is 19.6. The van der Waals surface area contributed by atoms with Crippen LogP contribution in [0.4, 0.5) is 34.1 Å². The number of anilines is 6. The van der Waals surface area contributed by atoms with Gasteiger partial charge in [0.05, 0.1) is 5.69 Å². The van der Waals surface area contributed by atoms with E-state index in [9.17, 15) is 4.11 Å². The van der Waals surface area contributed by atoms with E-state index in [4.69, 9.17) is 0 Å². The number of hydrogen-bond donors (Lipinski definition) is 0. The summed E-state index contributed by atoms with van der Waals surface area (Å²) in [4.78, 5) is 4.92. The summed E-state index contributed by atoms with van der Waals surface area (Å²) in [6.45, 7) is 30.5. The van der Waals surface area contributed by atoms with Crippen LogP contribution in [0, 0.1) is 6.85 Å². The van der Waals surface area contributed by atoms with Gasteiger partial charge in [-0.05, 0) is 174 Å². The molecule has 6 aromatic carbocycles. The van der Waals surface area contributed by atoms with Crippen molar-refractivity contribution in [3.05, 3.63) is 148 Å². The second-order valence-corrected chi connectivity index (χ2v) is 24.6. The van der Waals surface area contributed by atoms with Crippen molar-refractivity contribution in [2.75, 3.05) is 9.80 Å². The van der Waals surface area contributed by atoms with Gasteiger partial charge in [-0.1, -0.05) is 158 Å². The van der Waals surface area contributed by atoms with E-state index in [-0.39, 0.29) is 39.2 Å². The van der Waals surface area contributed by atoms with Crippen molar-refractivity contribution >= 4 is 57.2 Å². The molecule has 6 aromatic rings. The van der Waals surface area contributed by atoms with E-state index in [2.05, 4.69) is 204 Å². The first-order valence-electron chi connectivity index (χ1n) is 25.6. The van der Waals surface area contributed by atoms with Crippen molar-refractivity contribution in [1.29, 1.82) is 0 Å². The number of aryl methyl sites for hydroxylation is 1. The highest BCUT2D eigenvalue weighted by molar-refractivity contribution is 7.00. The zero-order chi connectivity index (χ0) is 48.2. The monoisotopic (exact) mass is 846 g/mol. The fourth-order valence-corrected chi connectivity index (χ4v) is 11.8. The maximum Gasteiger partial charge on any atom is 0.252 e. The molecule has 328 valence electrons. The highest BCUT2D eigenvalue weighted by Gasteiger charge is 2.47. The second-order valence-electron chi connectivity index (χ2n) is 24.6. The molecule has 2 aliphatic carbocycles. The Morgan fingerprint density at radius 2 is 1.00 bits per heavy atom. The molecular formula is C61H71BN2. The molecule has 0 saturated heterocycles. The Kier molecular flexibility index (Phi) is 8.61. The summed E-state index contributed by atoms with van der Waals surface area (Å²) in [7, 11) is 0. The van der Waals surface area contributed by atoms with Crippen LogP contribution in [0.2, 0.25) is 0 Å². The van der Waals surface area contributed by atoms with Crippen molar-refractivity contribution < 1.29 is 4.11 Å². The summed E-state index contributed by atoms with van der Waals surface area (Å²) < 4.78 is 27.6. The molecule has 0 spiro atoms. The molecule has 4 aliphatic rings. The van der Waals surface area contributed by atoms with E-state index in [1.165, 1.54) is 44.3 Å². The molecule has 0 amide bonds. The van der Waals surface area contributed by atoms with Crippen LogP contribution in [0.3, 0.4) is 0 Å². The smallest absolute Gasteiger partial charge is 0.252 e. The van der Waals surface area contributed by atoms with Crippen LogP contribution in [0.5, 0.6) is 0 Å². The molecule has 0 saturated carbocycles. The molecule has 0 aromatic heterocycles. The fourth-order valence-electron chi connectivity index (χ4n) is 11.8. The van der Waals surface area contributed by atoms with Gasteiger partial charge in [-0.2, -0.15) is 0 Å². The molecule has 0 atom stereocenters. The Morgan fingerprint density at radius 3 is 1.61 bits per heavy atom. The highest BCUT2D eigenvalue weighted by atomic mass is 15.2. The number of hydrogen-bond acceptors (Lipinski definition) is 2. The lowest BCUT2D eigenvalue weighted by Gasteiger charge is -2.48. The highest BCUT2D eigenvalue weighted by Crippen LogP contribution is 2.53. The van der Waals surface area contributed by atoms with Crippen LogP contribution < -0.4 is 26.2 Å². The predicted molar refractivity (Wildman–Crippen MR) is 279 cm³/mol. The summed E-state index contributed by atoms with van der Waals surface area (Å²) in [5.41, 5.74) is 20.4.